The van der Waals surface area contributed by atoms with Crippen molar-refractivity contribution in [2.45, 2.75) is 11.7 Å². The Kier molecular flexibility index (Phi) is 4.08. The number of benzene rings is 1. The zero-order valence-electron chi connectivity index (χ0n) is 10.1. The molecule has 0 saturated carbocycles. The van der Waals surface area contributed by atoms with E-state index in [0.29, 0.717) is 10.7 Å². The Morgan fingerprint density at radius 3 is 2.72 bits per heavy atom. The maximum absolute atomic E-state index is 11.6. The van der Waals surface area contributed by atoms with Gasteiger partial charge in [-0.2, -0.15) is 0 Å². The van der Waals surface area contributed by atoms with Crippen LogP contribution in [-0.4, -0.2) is 29.7 Å². The van der Waals surface area contributed by atoms with Gasteiger partial charge in [0.1, 0.15) is 15.8 Å². The number of ether oxygens (including phenoxy) is 2. The van der Waals surface area contributed by atoms with Crippen molar-refractivity contribution in [1.29, 1.82) is 0 Å². The largest absolute Gasteiger partial charge is 0.497 e. The summed E-state index contributed by atoms with van der Waals surface area (Å²) in [4.78, 5) is 11.6. The zero-order chi connectivity index (χ0) is 13.1. The van der Waals surface area contributed by atoms with E-state index in [4.69, 9.17) is 21.7 Å². The average Bonchev–Trinajstić information content (AvgIpc) is 2.68. The molecule has 1 aromatic rings. The highest BCUT2D eigenvalue weighted by Gasteiger charge is 2.29. The molecule has 1 heterocycles. The van der Waals surface area contributed by atoms with Crippen molar-refractivity contribution in [2.75, 3.05) is 14.2 Å². The predicted octanol–water partition coefficient (Wildman–Crippen LogP) is 1.76. The molecule has 0 radical (unpaired) electrons. The average molecular weight is 283 g/mol. The minimum Gasteiger partial charge on any atom is -0.497 e. The normalized spacial score (nSPS) is 18.7. The van der Waals surface area contributed by atoms with Gasteiger partial charge in [0, 0.05) is 6.07 Å². The molecule has 1 aliphatic rings. The number of nitrogens with one attached hydrogen (secondary N) is 1. The third-order valence-electron chi connectivity index (χ3n) is 2.67. The third-order valence-corrected chi connectivity index (χ3v) is 4.04. The third kappa shape index (κ3) is 2.76. The van der Waals surface area contributed by atoms with Crippen molar-refractivity contribution in [3.05, 3.63) is 23.8 Å². The molecule has 1 fully saturated rings. The van der Waals surface area contributed by atoms with E-state index in [9.17, 15) is 4.79 Å². The fourth-order valence-electron chi connectivity index (χ4n) is 1.75. The molecule has 0 spiro atoms. The van der Waals surface area contributed by atoms with Crippen molar-refractivity contribution in [1.82, 2.24) is 5.32 Å². The molecule has 1 unspecified atom stereocenters. The van der Waals surface area contributed by atoms with Crippen LogP contribution in [0.25, 0.3) is 0 Å². The predicted molar refractivity (Wildman–Crippen MR) is 75.4 cm³/mol. The van der Waals surface area contributed by atoms with Gasteiger partial charge < -0.3 is 14.8 Å². The molecule has 1 amide bonds. The Morgan fingerprint density at radius 1 is 1.39 bits per heavy atom. The van der Waals surface area contributed by atoms with Crippen LogP contribution in [-0.2, 0) is 11.2 Å². The summed E-state index contributed by atoms with van der Waals surface area (Å²) in [5, 5.41) is 2.46. The number of hydrogen-bond acceptors (Lipinski definition) is 5. The highest BCUT2D eigenvalue weighted by molar-refractivity contribution is 8.24. The SMILES string of the molecule is COc1ccc(CC2SC(=S)NC2=O)c(OC)c1. The molecule has 96 valence electrons. The molecule has 6 heteroatoms. The molecule has 1 atom stereocenters. The fraction of sp³-hybridized carbons (Fsp3) is 0.333. The number of thioether (sulfide) groups is 1. The first-order valence-corrected chi connectivity index (χ1v) is 6.65. The second-order valence-corrected chi connectivity index (χ2v) is 5.64. The van der Waals surface area contributed by atoms with E-state index in [2.05, 4.69) is 5.32 Å². The lowest BCUT2D eigenvalue weighted by molar-refractivity contribution is -0.118. The first kappa shape index (κ1) is 13.2. The number of methoxy groups -OCH3 is 2. The minimum atomic E-state index is -0.181. The van der Waals surface area contributed by atoms with Crippen LogP contribution in [0.5, 0.6) is 11.5 Å². The van der Waals surface area contributed by atoms with Crippen LogP contribution in [0.1, 0.15) is 5.56 Å². The monoisotopic (exact) mass is 283 g/mol. The van der Waals surface area contributed by atoms with Crippen LogP contribution in [0.15, 0.2) is 18.2 Å². The highest BCUT2D eigenvalue weighted by atomic mass is 32.2. The topological polar surface area (TPSA) is 47.6 Å². The maximum Gasteiger partial charge on any atom is 0.239 e. The number of amides is 1. The first-order chi connectivity index (χ1) is 8.63. The number of carbonyl (C=O) groups excluding carboxylic acids is 1. The van der Waals surface area contributed by atoms with Crippen molar-refractivity contribution >= 4 is 34.2 Å². The second-order valence-electron chi connectivity index (χ2n) is 3.77. The van der Waals surface area contributed by atoms with Crippen LogP contribution >= 0.6 is 24.0 Å². The number of thiocarbonyl (C=S) groups is 1. The Labute approximate surface area is 115 Å². The van der Waals surface area contributed by atoms with Crippen molar-refractivity contribution in [3.63, 3.8) is 0 Å². The van der Waals surface area contributed by atoms with Crippen molar-refractivity contribution < 1.29 is 14.3 Å². The molecule has 1 aliphatic heterocycles. The van der Waals surface area contributed by atoms with E-state index >= 15 is 0 Å². The van der Waals surface area contributed by atoms with Gasteiger partial charge in [0.25, 0.3) is 0 Å². The molecule has 1 N–H and O–H groups in total. The van der Waals surface area contributed by atoms with Crippen LogP contribution in [0.2, 0.25) is 0 Å². The van der Waals surface area contributed by atoms with Crippen molar-refractivity contribution in [3.8, 4) is 11.5 Å². The smallest absolute Gasteiger partial charge is 0.239 e. The molecule has 1 aromatic carbocycles. The zero-order valence-corrected chi connectivity index (χ0v) is 11.7. The summed E-state index contributed by atoms with van der Waals surface area (Å²) in [5.74, 6) is 1.41. The van der Waals surface area contributed by atoms with Gasteiger partial charge in [0.2, 0.25) is 5.91 Å². The van der Waals surface area contributed by atoms with Crippen LogP contribution < -0.4 is 14.8 Å². The van der Waals surface area contributed by atoms with Crippen molar-refractivity contribution in [2.24, 2.45) is 0 Å². The second kappa shape index (κ2) is 5.58. The summed E-state index contributed by atoms with van der Waals surface area (Å²) in [6.07, 6.45) is 0.587. The van der Waals surface area contributed by atoms with Crippen LogP contribution in [0.3, 0.4) is 0 Å². The van der Waals surface area contributed by atoms with Gasteiger partial charge in [-0.05, 0) is 18.1 Å². The van der Waals surface area contributed by atoms with E-state index in [1.807, 2.05) is 18.2 Å². The summed E-state index contributed by atoms with van der Waals surface area (Å²) in [7, 11) is 3.21. The molecular weight excluding hydrogens is 270 g/mol. The number of carbonyl (C=O) groups is 1. The van der Waals surface area contributed by atoms with Gasteiger partial charge in [0.05, 0.1) is 19.5 Å². The first-order valence-electron chi connectivity index (χ1n) is 5.36. The number of rotatable bonds is 4. The van der Waals surface area contributed by atoms with E-state index in [1.54, 1.807) is 14.2 Å². The van der Waals surface area contributed by atoms with E-state index in [-0.39, 0.29) is 11.2 Å². The Bertz CT molecular complexity index is 490. The van der Waals surface area contributed by atoms with Gasteiger partial charge in [0.15, 0.2) is 0 Å². The van der Waals surface area contributed by atoms with Crippen LogP contribution in [0, 0.1) is 0 Å². The van der Waals surface area contributed by atoms with Gasteiger partial charge in [-0.3, -0.25) is 4.79 Å². The lowest BCUT2D eigenvalue weighted by Crippen LogP contribution is -2.25. The van der Waals surface area contributed by atoms with Gasteiger partial charge in [-0.25, -0.2) is 0 Å². The minimum absolute atomic E-state index is 0.0390. The summed E-state index contributed by atoms with van der Waals surface area (Å²) in [6, 6.07) is 5.58. The van der Waals surface area contributed by atoms with E-state index in [1.165, 1.54) is 11.8 Å². The Morgan fingerprint density at radius 2 is 2.17 bits per heavy atom. The van der Waals surface area contributed by atoms with Gasteiger partial charge in [-0.1, -0.05) is 30.0 Å². The van der Waals surface area contributed by atoms with E-state index < -0.39 is 0 Å². The molecule has 4 nitrogen and oxygen atoms in total. The molecular formula is C12H13NO3S2. The molecule has 0 aliphatic carbocycles. The quantitative estimate of drug-likeness (QED) is 0.853. The summed E-state index contributed by atoms with van der Waals surface area (Å²) < 4.78 is 11.0. The van der Waals surface area contributed by atoms with Crippen LogP contribution in [0.4, 0.5) is 0 Å². The maximum atomic E-state index is 11.6. The number of hydrogen-bond donors (Lipinski definition) is 1. The summed E-state index contributed by atoms with van der Waals surface area (Å²) in [6.45, 7) is 0. The summed E-state index contributed by atoms with van der Waals surface area (Å²) >= 11 is 6.35. The molecule has 0 bridgehead atoms. The molecule has 18 heavy (non-hydrogen) atoms. The van der Waals surface area contributed by atoms with E-state index in [0.717, 1.165) is 17.1 Å². The highest BCUT2D eigenvalue weighted by Crippen LogP contribution is 2.30. The van der Waals surface area contributed by atoms with Gasteiger partial charge >= 0.3 is 0 Å². The molecule has 2 rings (SSSR count). The summed E-state index contributed by atoms with van der Waals surface area (Å²) in [5.41, 5.74) is 0.968. The Hall–Kier alpha value is -1.27. The molecule has 1 saturated heterocycles. The lowest BCUT2D eigenvalue weighted by Gasteiger charge is -2.12. The fourth-order valence-corrected chi connectivity index (χ4v) is 3.04. The lowest BCUT2D eigenvalue weighted by atomic mass is 10.1. The van der Waals surface area contributed by atoms with Gasteiger partial charge in [-0.15, -0.1) is 0 Å². The molecule has 0 aromatic heterocycles. The standard InChI is InChI=1S/C12H13NO3S2/c1-15-8-4-3-7(9(6-8)16-2)5-10-11(14)13-12(17)18-10/h3-4,6,10H,5H2,1-2H3,(H,13,14,17). The Balaban J connectivity index is 2.18.